The van der Waals surface area contributed by atoms with Gasteiger partial charge in [-0.25, -0.2) is 0 Å². The molecular weight excluding hydrogens is 342 g/mol. The maximum Gasteiger partial charge on any atom is 0.279 e. The number of aryl methyl sites for hydroxylation is 1. The van der Waals surface area contributed by atoms with Crippen LogP contribution in [0.2, 0.25) is 0 Å². The Morgan fingerprint density at radius 3 is 2.61 bits per heavy atom. The molecule has 3 aromatic carbocycles. The second-order valence-electron chi connectivity index (χ2n) is 7.34. The minimum atomic E-state index is 0.909. The van der Waals surface area contributed by atoms with E-state index in [4.69, 9.17) is 4.42 Å². The quantitative estimate of drug-likeness (QED) is 0.221. The summed E-state index contributed by atoms with van der Waals surface area (Å²) in [7, 11) is 0. The van der Waals surface area contributed by atoms with Crippen LogP contribution in [0.4, 0.5) is 0 Å². The minimum absolute atomic E-state index is 0.909. The molecule has 0 fully saturated rings. The van der Waals surface area contributed by atoms with Gasteiger partial charge in [-0.15, -0.1) is 12.1 Å². The van der Waals surface area contributed by atoms with E-state index in [0.29, 0.717) is 0 Å². The molecule has 1 aromatic heterocycles. The third kappa shape index (κ3) is 2.49. The van der Waals surface area contributed by atoms with Gasteiger partial charge >= 0.3 is 0 Å². The predicted octanol–water partition coefficient (Wildman–Crippen LogP) is 6.63. The Kier molecular flexibility index (Phi) is 3.73. The Bertz CT molecular complexity index is 1290. The van der Waals surface area contributed by atoms with E-state index in [1.807, 2.05) is 16.8 Å². The Balaban J connectivity index is 1.84. The summed E-state index contributed by atoms with van der Waals surface area (Å²) in [5.74, 6) is 0. The van der Waals surface area contributed by atoms with Crippen molar-refractivity contribution in [2.75, 3.05) is 0 Å². The van der Waals surface area contributed by atoms with E-state index in [0.717, 1.165) is 33.5 Å². The standard InChI is InChI=1S/C26H21NO/c1-17-14-15-27(3)22(16-17)24-18(2)12-13-21-25-20(19-8-5-4-6-9-19)10-7-11-23(25)28-26(21)24/h4-16H,3H2,1-2H3. The average Bonchev–Trinajstić information content (AvgIpc) is 3.09. The van der Waals surface area contributed by atoms with Crippen molar-refractivity contribution in [1.29, 1.82) is 0 Å². The van der Waals surface area contributed by atoms with Crippen molar-refractivity contribution in [3.05, 3.63) is 102 Å². The van der Waals surface area contributed by atoms with E-state index in [1.54, 1.807) is 0 Å². The van der Waals surface area contributed by atoms with E-state index in [-0.39, 0.29) is 0 Å². The largest absolute Gasteiger partial charge is 0.286 e. The first-order chi connectivity index (χ1) is 13.6. The van der Waals surface area contributed by atoms with Gasteiger partial charge < -0.3 is 0 Å². The Morgan fingerprint density at radius 1 is 0.964 bits per heavy atom. The van der Waals surface area contributed by atoms with E-state index < -0.39 is 0 Å². The summed E-state index contributed by atoms with van der Waals surface area (Å²) < 4.78 is 8.35. The molecule has 0 amide bonds. The Morgan fingerprint density at radius 2 is 1.79 bits per heavy atom. The predicted molar refractivity (Wildman–Crippen MR) is 117 cm³/mol. The lowest BCUT2D eigenvalue weighted by atomic mass is 9.93. The fourth-order valence-corrected chi connectivity index (χ4v) is 4.01. The van der Waals surface area contributed by atoms with Crippen LogP contribution in [0, 0.1) is 13.0 Å². The molecule has 0 atom stereocenters. The van der Waals surface area contributed by atoms with Crippen molar-refractivity contribution in [3.8, 4) is 11.1 Å². The van der Waals surface area contributed by atoms with Crippen molar-refractivity contribution < 1.29 is 8.99 Å². The second kappa shape index (κ2) is 6.28. The first kappa shape index (κ1) is 16.6. The van der Waals surface area contributed by atoms with Crippen molar-refractivity contribution in [2.24, 2.45) is 0 Å². The summed E-state index contributed by atoms with van der Waals surface area (Å²) in [4.78, 5) is 0. The lowest BCUT2D eigenvalue weighted by molar-refractivity contribution is -0.417. The highest BCUT2D eigenvalue weighted by Gasteiger charge is 2.26. The topological polar surface area (TPSA) is 14.3 Å². The molecule has 1 aliphatic heterocycles. The Labute approximate surface area is 164 Å². The maximum absolute atomic E-state index is 6.43. The molecule has 0 N–H and O–H groups in total. The molecule has 0 aliphatic carbocycles. The van der Waals surface area contributed by atoms with Crippen LogP contribution in [0.25, 0.3) is 33.1 Å². The molecule has 2 nitrogen and oxygen atoms in total. The molecule has 0 saturated heterocycles. The van der Waals surface area contributed by atoms with Crippen molar-refractivity contribution in [3.63, 3.8) is 0 Å². The molecule has 4 aromatic rings. The molecular formula is C26H21NO. The van der Waals surface area contributed by atoms with Crippen LogP contribution in [0.3, 0.4) is 0 Å². The van der Waals surface area contributed by atoms with Gasteiger partial charge in [0.05, 0.1) is 12.3 Å². The molecule has 136 valence electrons. The number of benzene rings is 3. The molecule has 2 heterocycles. The van der Waals surface area contributed by atoms with Crippen molar-refractivity contribution in [1.82, 2.24) is 0 Å². The summed E-state index contributed by atoms with van der Waals surface area (Å²) in [6.07, 6.45) is 6.24. The summed E-state index contributed by atoms with van der Waals surface area (Å²) in [6.45, 7) is 8.41. The first-order valence-corrected chi connectivity index (χ1v) is 9.47. The van der Waals surface area contributed by atoms with E-state index >= 15 is 0 Å². The van der Waals surface area contributed by atoms with E-state index in [2.05, 4.69) is 87.3 Å². The van der Waals surface area contributed by atoms with Gasteiger partial charge in [-0.2, -0.15) is 0 Å². The van der Waals surface area contributed by atoms with Crippen LogP contribution in [-0.2, 0) is 0 Å². The lowest BCUT2D eigenvalue weighted by Crippen LogP contribution is -2.15. The zero-order chi connectivity index (χ0) is 19.3. The summed E-state index contributed by atoms with van der Waals surface area (Å²) >= 11 is 0. The number of rotatable bonds is 2. The monoisotopic (exact) mass is 363 g/mol. The Hall–Kier alpha value is -3.52. The highest BCUT2D eigenvalue weighted by Crippen LogP contribution is 2.41. The summed E-state index contributed by atoms with van der Waals surface area (Å²) in [5, 5.41) is 2.30. The number of fused-ring (bicyclic) bond motifs is 3. The molecule has 2 heteroatoms. The zero-order valence-corrected chi connectivity index (χ0v) is 16.1. The van der Waals surface area contributed by atoms with Gasteiger partial charge in [-0.3, -0.25) is 8.99 Å². The van der Waals surface area contributed by atoms with E-state index in [1.165, 1.54) is 22.3 Å². The van der Waals surface area contributed by atoms with Crippen LogP contribution >= 0.6 is 0 Å². The fraction of sp³-hybridized carbons (Fsp3) is 0.0769. The number of allylic oxidation sites excluding steroid dienone is 2. The molecule has 0 spiro atoms. The fourth-order valence-electron chi connectivity index (χ4n) is 4.01. The van der Waals surface area contributed by atoms with Gasteiger partial charge in [0.1, 0.15) is 6.20 Å². The summed E-state index contributed by atoms with van der Waals surface area (Å²) in [5.41, 5.74) is 7.70. The molecule has 1 aliphatic rings. The van der Waals surface area contributed by atoms with Crippen LogP contribution in [0.1, 0.15) is 18.1 Å². The van der Waals surface area contributed by atoms with Gasteiger partial charge in [-0.1, -0.05) is 84.7 Å². The second-order valence-corrected chi connectivity index (χ2v) is 7.34. The number of hydrogen-bond acceptors (Lipinski definition) is 0. The van der Waals surface area contributed by atoms with Crippen molar-refractivity contribution >= 4 is 28.7 Å². The van der Waals surface area contributed by atoms with Gasteiger partial charge in [0, 0.05) is 0 Å². The lowest BCUT2D eigenvalue weighted by Gasteiger charge is -2.19. The van der Waals surface area contributed by atoms with Gasteiger partial charge in [0.15, 0.2) is 6.04 Å². The van der Waals surface area contributed by atoms with Crippen molar-refractivity contribution in [2.45, 2.75) is 13.8 Å². The third-order valence-corrected chi connectivity index (χ3v) is 5.41. The summed E-state index contributed by atoms with van der Waals surface area (Å²) in [6, 6.07) is 22.2. The molecule has 0 bridgehead atoms. The van der Waals surface area contributed by atoms with Crippen LogP contribution < -0.4 is 0 Å². The zero-order valence-electron chi connectivity index (χ0n) is 16.1. The number of hydrogen-bond donors (Lipinski definition) is 0. The average molecular weight is 363 g/mol. The molecule has 5 rings (SSSR count). The molecule has 0 radical (unpaired) electrons. The van der Waals surface area contributed by atoms with Gasteiger partial charge in [0.2, 0.25) is 0 Å². The normalized spacial score (nSPS) is 14.1. The number of furan rings is 1. The van der Waals surface area contributed by atoms with Crippen LogP contribution in [0.15, 0.2) is 89.0 Å². The van der Waals surface area contributed by atoms with Crippen LogP contribution in [0.5, 0.6) is 0 Å². The SMILES string of the molecule is C=[N+]1C=CC(C)=C[C-]1c1c(C)ccc2c1[o+][c-]1cccc(-c3ccccc3)c21. The molecule has 0 unspecified atom stereocenters. The molecule has 0 saturated carbocycles. The van der Waals surface area contributed by atoms with Crippen LogP contribution in [-0.4, -0.2) is 11.3 Å². The van der Waals surface area contributed by atoms with Gasteiger partial charge in [0.25, 0.3) is 11.2 Å². The van der Waals surface area contributed by atoms with E-state index in [9.17, 15) is 0 Å². The molecule has 28 heavy (non-hydrogen) atoms. The smallest absolute Gasteiger partial charge is 0.279 e. The highest BCUT2D eigenvalue weighted by atomic mass is 16.3. The number of nitrogens with zero attached hydrogens (tertiary/aromatic N) is 1. The first-order valence-electron chi connectivity index (χ1n) is 9.47. The van der Waals surface area contributed by atoms with Gasteiger partial charge in [-0.05, 0) is 22.9 Å². The highest BCUT2D eigenvalue weighted by molar-refractivity contribution is 6.13. The maximum atomic E-state index is 6.43. The third-order valence-electron chi connectivity index (χ3n) is 5.41. The minimum Gasteiger partial charge on any atom is -0.286 e.